The molecule has 19 heavy (non-hydrogen) atoms. The van der Waals surface area contributed by atoms with Crippen LogP contribution in [0.25, 0.3) is 0 Å². The van der Waals surface area contributed by atoms with Crippen molar-refractivity contribution >= 4 is 5.78 Å². The lowest BCUT2D eigenvalue weighted by Gasteiger charge is -2.07. The largest absolute Gasteiger partial charge is 0.394 e. The van der Waals surface area contributed by atoms with Gasteiger partial charge in [0.2, 0.25) is 0 Å². The van der Waals surface area contributed by atoms with Crippen LogP contribution in [0.5, 0.6) is 0 Å². The van der Waals surface area contributed by atoms with Crippen molar-refractivity contribution in [2.75, 3.05) is 6.61 Å². The van der Waals surface area contributed by atoms with Crippen molar-refractivity contribution < 1.29 is 23.8 Å². The van der Waals surface area contributed by atoms with E-state index in [1.807, 2.05) is 0 Å². The zero-order valence-corrected chi connectivity index (χ0v) is 10.7. The van der Waals surface area contributed by atoms with Gasteiger partial charge in [-0.15, -0.1) is 0 Å². The Morgan fingerprint density at radius 1 is 1.37 bits per heavy atom. The molecule has 0 saturated carbocycles. The van der Waals surface area contributed by atoms with Crippen LogP contribution in [0.3, 0.4) is 0 Å². The molecule has 0 aromatic heterocycles. The lowest BCUT2D eigenvalue weighted by molar-refractivity contribution is -0.114. The van der Waals surface area contributed by atoms with E-state index >= 15 is 0 Å². The number of nitriles is 1. The number of hydrogen-bond donors (Lipinski definition) is 2. The highest BCUT2D eigenvalue weighted by molar-refractivity contribution is 5.72. The topological polar surface area (TPSA) is 81.3 Å². The molecule has 0 amide bonds. The van der Waals surface area contributed by atoms with E-state index in [1.165, 1.54) is 19.9 Å². The van der Waals surface area contributed by atoms with Gasteiger partial charge < -0.3 is 15.0 Å². The molecule has 104 valence electrons. The van der Waals surface area contributed by atoms with Gasteiger partial charge in [0.05, 0.1) is 12.7 Å². The van der Waals surface area contributed by atoms with Crippen LogP contribution in [0.15, 0.2) is 12.1 Å². The SMILES string of the molecule is CC(C)=O.N#Cc1c(F)cc(CC(O)CO)cc1F. The Labute approximate surface area is 109 Å². The fraction of sp³-hybridized carbons (Fsp3) is 0.385. The second kappa shape index (κ2) is 8.29. The normalized spacial score (nSPS) is 11.0. The summed E-state index contributed by atoms with van der Waals surface area (Å²) >= 11 is 0. The van der Waals surface area contributed by atoms with Crippen molar-refractivity contribution in [3.05, 3.63) is 34.9 Å². The van der Waals surface area contributed by atoms with Gasteiger partial charge in [-0.1, -0.05) is 0 Å². The van der Waals surface area contributed by atoms with Crippen molar-refractivity contribution in [3.63, 3.8) is 0 Å². The van der Waals surface area contributed by atoms with Crippen LogP contribution in [0.4, 0.5) is 8.78 Å². The number of ketones is 1. The predicted molar refractivity (Wildman–Crippen MR) is 64.2 cm³/mol. The van der Waals surface area contributed by atoms with E-state index in [0.717, 1.165) is 12.1 Å². The van der Waals surface area contributed by atoms with E-state index in [2.05, 4.69) is 0 Å². The highest BCUT2D eigenvalue weighted by Gasteiger charge is 2.12. The monoisotopic (exact) mass is 271 g/mol. The molecule has 0 bridgehead atoms. The molecule has 0 spiro atoms. The number of carbonyl (C=O) groups excluding carboxylic acids is 1. The Bertz CT molecular complexity index is 456. The Kier molecular flexibility index (Phi) is 7.49. The number of aliphatic hydroxyl groups is 2. The first-order chi connectivity index (χ1) is 8.81. The zero-order valence-electron chi connectivity index (χ0n) is 10.7. The summed E-state index contributed by atoms with van der Waals surface area (Å²) in [6, 6.07) is 3.34. The van der Waals surface area contributed by atoms with Crippen LogP contribution >= 0.6 is 0 Å². The van der Waals surface area contributed by atoms with E-state index in [0.29, 0.717) is 0 Å². The average Bonchev–Trinajstić information content (AvgIpc) is 2.27. The second-order valence-corrected chi connectivity index (χ2v) is 4.00. The summed E-state index contributed by atoms with van der Waals surface area (Å²) in [6.45, 7) is 2.57. The molecule has 1 aromatic rings. The summed E-state index contributed by atoms with van der Waals surface area (Å²) in [4.78, 5) is 9.44. The number of rotatable bonds is 3. The van der Waals surface area contributed by atoms with E-state index in [1.54, 1.807) is 0 Å². The Balaban J connectivity index is 0.000000711. The number of Topliss-reactive ketones (excluding diaryl/α,β-unsaturated/α-hetero) is 1. The van der Waals surface area contributed by atoms with Gasteiger partial charge in [-0.25, -0.2) is 8.78 Å². The number of hydrogen-bond acceptors (Lipinski definition) is 4. The summed E-state index contributed by atoms with van der Waals surface area (Å²) in [5.74, 6) is -1.75. The minimum absolute atomic E-state index is 0.0595. The fourth-order valence-electron chi connectivity index (χ4n) is 1.19. The van der Waals surface area contributed by atoms with E-state index < -0.39 is 29.9 Å². The summed E-state index contributed by atoms with van der Waals surface area (Å²) in [5, 5.41) is 26.0. The van der Waals surface area contributed by atoms with E-state index in [9.17, 15) is 13.6 Å². The van der Waals surface area contributed by atoms with Crippen LogP contribution in [0.2, 0.25) is 0 Å². The Hall–Kier alpha value is -1.84. The lowest BCUT2D eigenvalue weighted by atomic mass is 10.1. The third-order valence-corrected chi connectivity index (χ3v) is 1.90. The maximum Gasteiger partial charge on any atom is 0.144 e. The number of halogens is 2. The first kappa shape index (κ1) is 17.2. The molecule has 6 heteroatoms. The fourth-order valence-corrected chi connectivity index (χ4v) is 1.19. The lowest BCUT2D eigenvalue weighted by Crippen LogP contribution is -2.15. The number of carbonyl (C=O) groups is 1. The molecule has 0 aliphatic carbocycles. The van der Waals surface area contributed by atoms with Gasteiger partial charge in [0.25, 0.3) is 0 Å². The van der Waals surface area contributed by atoms with Gasteiger partial charge in [-0.05, 0) is 31.5 Å². The van der Waals surface area contributed by atoms with Crippen LogP contribution < -0.4 is 0 Å². The predicted octanol–water partition coefficient (Wildman–Crippen LogP) is 1.33. The molecular formula is C13H15F2NO3. The molecule has 2 N–H and O–H groups in total. The van der Waals surface area contributed by atoms with Crippen LogP contribution in [0.1, 0.15) is 25.0 Å². The molecule has 0 heterocycles. The van der Waals surface area contributed by atoms with E-state index in [-0.39, 0.29) is 17.8 Å². The van der Waals surface area contributed by atoms with Crippen molar-refractivity contribution in [1.29, 1.82) is 5.26 Å². The van der Waals surface area contributed by atoms with Gasteiger partial charge in [0, 0.05) is 6.42 Å². The zero-order chi connectivity index (χ0) is 15.0. The summed E-state index contributed by atoms with van der Waals surface area (Å²) < 4.78 is 26.1. The third-order valence-electron chi connectivity index (χ3n) is 1.90. The molecule has 1 atom stereocenters. The minimum atomic E-state index is -1.06. The van der Waals surface area contributed by atoms with Crippen LogP contribution in [-0.2, 0) is 11.2 Å². The molecular weight excluding hydrogens is 256 g/mol. The molecule has 1 rings (SSSR count). The third kappa shape index (κ3) is 6.60. The molecule has 0 radical (unpaired) electrons. The smallest absolute Gasteiger partial charge is 0.144 e. The Morgan fingerprint density at radius 3 is 2.11 bits per heavy atom. The first-order valence-corrected chi connectivity index (χ1v) is 5.45. The molecule has 0 aliphatic heterocycles. The number of aliphatic hydroxyl groups excluding tert-OH is 2. The standard InChI is InChI=1S/C10H9F2NO2.C3H6O/c11-9-2-6(1-7(15)5-14)3-10(12)8(9)4-13;1-3(2)4/h2-3,7,14-15H,1,5H2;1-2H3. The summed E-state index contributed by atoms with van der Waals surface area (Å²) in [7, 11) is 0. The number of nitrogens with zero attached hydrogens (tertiary/aromatic N) is 1. The van der Waals surface area contributed by atoms with E-state index in [4.69, 9.17) is 15.5 Å². The van der Waals surface area contributed by atoms with Crippen molar-refractivity contribution in [1.82, 2.24) is 0 Å². The molecule has 1 aromatic carbocycles. The van der Waals surface area contributed by atoms with Crippen molar-refractivity contribution in [2.45, 2.75) is 26.4 Å². The Morgan fingerprint density at radius 2 is 1.79 bits per heavy atom. The summed E-state index contributed by atoms with van der Waals surface area (Å²) in [6.07, 6.45) is -1.12. The molecule has 1 unspecified atom stereocenters. The van der Waals surface area contributed by atoms with Gasteiger partial charge in [-0.2, -0.15) is 5.26 Å². The first-order valence-electron chi connectivity index (χ1n) is 5.45. The molecule has 4 nitrogen and oxygen atoms in total. The van der Waals surface area contributed by atoms with Crippen molar-refractivity contribution in [2.24, 2.45) is 0 Å². The van der Waals surface area contributed by atoms with Crippen LogP contribution in [0, 0.1) is 23.0 Å². The molecule has 0 aliphatic rings. The molecule has 0 fully saturated rings. The highest BCUT2D eigenvalue weighted by Crippen LogP contribution is 2.15. The quantitative estimate of drug-likeness (QED) is 0.869. The van der Waals surface area contributed by atoms with Gasteiger partial charge in [0.15, 0.2) is 0 Å². The summed E-state index contributed by atoms with van der Waals surface area (Å²) in [5.41, 5.74) is -0.442. The van der Waals surface area contributed by atoms with Gasteiger partial charge >= 0.3 is 0 Å². The van der Waals surface area contributed by atoms with Crippen LogP contribution in [-0.4, -0.2) is 28.7 Å². The number of benzene rings is 1. The van der Waals surface area contributed by atoms with Gasteiger partial charge in [0.1, 0.15) is 29.1 Å². The maximum absolute atomic E-state index is 13.1. The van der Waals surface area contributed by atoms with Crippen molar-refractivity contribution in [3.8, 4) is 6.07 Å². The van der Waals surface area contributed by atoms with Gasteiger partial charge in [-0.3, -0.25) is 0 Å². The average molecular weight is 271 g/mol. The molecule has 0 saturated heterocycles. The highest BCUT2D eigenvalue weighted by atomic mass is 19.1. The minimum Gasteiger partial charge on any atom is -0.394 e. The second-order valence-electron chi connectivity index (χ2n) is 4.00. The maximum atomic E-state index is 13.1.